The first-order valence-corrected chi connectivity index (χ1v) is 9.39. The summed E-state index contributed by atoms with van der Waals surface area (Å²) in [5.74, 6) is -0.633. The van der Waals surface area contributed by atoms with Crippen LogP contribution < -0.4 is 10.1 Å². The molecule has 2 rings (SSSR count). The first kappa shape index (κ1) is 22.0. The molecule has 0 radical (unpaired) electrons. The molecular formula is C23H26N2O4. The molecule has 6 heteroatoms. The lowest BCUT2D eigenvalue weighted by Gasteiger charge is -2.20. The molecule has 0 saturated heterocycles. The van der Waals surface area contributed by atoms with Gasteiger partial charge in [0.05, 0.1) is 11.3 Å². The van der Waals surface area contributed by atoms with Crippen molar-refractivity contribution in [3.63, 3.8) is 0 Å². The van der Waals surface area contributed by atoms with Gasteiger partial charge in [-0.3, -0.25) is 4.79 Å². The molecule has 0 saturated carbocycles. The SMILES string of the molecule is C[C@@H](OC(=O)[C@@H](C)Oc1ccc(C(C)(C)C)cc1)C(=O)Nc1ccccc1C#N. The van der Waals surface area contributed by atoms with Crippen LogP contribution in [-0.2, 0) is 19.7 Å². The Balaban J connectivity index is 1.93. The van der Waals surface area contributed by atoms with Crippen LogP contribution in [0.25, 0.3) is 0 Å². The number of carbonyl (C=O) groups is 2. The number of rotatable bonds is 6. The molecule has 152 valence electrons. The number of nitriles is 1. The summed E-state index contributed by atoms with van der Waals surface area (Å²) in [4.78, 5) is 24.6. The van der Waals surface area contributed by atoms with Gasteiger partial charge in [0, 0.05) is 0 Å². The molecule has 0 fully saturated rings. The molecule has 2 atom stereocenters. The quantitative estimate of drug-likeness (QED) is 0.742. The van der Waals surface area contributed by atoms with E-state index >= 15 is 0 Å². The summed E-state index contributed by atoms with van der Waals surface area (Å²) >= 11 is 0. The second-order valence-corrected chi connectivity index (χ2v) is 7.76. The van der Waals surface area contributed by atoms with E-state index in [0.717, 1.165) is 5.56 Å². The van der Waals surface area contributed by atoms with Crippen LogP contribution >= 0.6 is 0 Å². The molecule has 6 nitrogen and oxygen atoms in total. The number of hydrogen-bond donors (Lipinski definition) is 1. The minimum atomic E-state index is -1.04. The molecule has 29 heavy (non-hydrogen) atoms. The number of hydrogen-bond acceptors (Lipinski definition) is 5. The Labute approximate surface area is 171 Å². The van der Waals surface area contributed by atoms with E-state index in [9.17, 15) is 9.59 Å². The summed E-state index contributed by atoms with van der Waals surface area (Å²) < 4.78 is 10.8. The van der Waals surface area contributed by atoms with E-state index in [2.05, 4.69) is 26.1 Å². The zero-order valence-electron chi connectivity index (χ0n) is 17.4. The van der Waals surface area contributed by atoms with Crippen LogP contribution in [0, 0.1) is 11.3 Å². The Morgan fingerprint density at radius 2 is 1.62 bits per heavy atom. The molecule has 1 N–H and O–H groups in total. The molecule has 0 unspecified atom stereocenters. The van der Waals surface area contributed by atoms with Gasteiger partial charge in [-0.25, -0.2) is 4.79 Å². The molecule has 0 aromatic heterocycles. The van der Waals surface area contributed by atoms with Gasteiger partial charge in [0.1, 0.15) is 11.8 Å². The van der Waals surface area contributed by atoms with Crippen LogP contribution in [0.2, 0.25) is 0 Å². The zero-order valence-corrected chi connectivity index (χ0v) is 17.4. The van der Waals surface area contributed by atoms with Crippen LogP contribution in [0.5, 0.6) is 5.75 Å². The van der Waals surface area contributed by atoms with Crippen LogP contribution in [0.3, 0.4) is 0 Å². The van der Waals surface area contributed by atoms with Crippen LogP contribution in [-0.4, -0.2) is 24.1 Å². The number of amides is 1. The third-order valence-corrected chi connectivity index (χ3v) is 4.33. The molecule has 2 aromatic rings. The Hall–Kier alpha value is -3.33. The van der Waals surface area contributed by atoms with Crippen molar-refractivity contribution in [3.8, 4) is 11.8 Å². The third-order valence-electron chi connectivity index (χ3n) is 4.33. The smallest absolute Gasteiger partial charge is 0.347 e. The summed E-state index contributed by atoms with van der Waals surface area (Å²) in [5.41, 5.74) is 1.87. The molecular weight excluding hydrogens is 368 g/mol. The van der Waals surface area contributed by atoms with E-state index in [4.69, 9.17) is 14.7 Å². The van der Waals surface area contributed by atoms with E-state index in [0.29, 0.717) is 17.0 Å². The van der Waals surface area contributed by atoms with Gasteiger partial charge in [-0.1, -0.05) is 45.0 Å². The molecule has 0 aliphatic carbocycles. The van der Waals surface area contributed by atoms with Gasteiger partial charge in [-0.05, 0) is 49.1 Å². The molecule has 2 aromatic carbocycles. The van der Waals surface area contributed by atoms with Crippen molar-refractivity contribution in [2.75, 3.05) is 5.32 Å². The molecule has 0 aliphatic heterocycles. The topological polar surface area (TPSA) is 88.4 Å². The number of ether oxygens (including phenoxy) is 2. The Kier molecular flexibility index (Phi) is 7.00. The second kappa shape index (κ2) is 9.24. The van der Waals surface area contributed by atoms with E-state index in [-0.39, 0.29) is 5.41 Å². The average molecular weight is 394 g/mol. The van der Waals surface area contributed by atoms with Crippen molar-refractivity contribution in [3.05, 3.63) is 59.7 Å². The lowest BCUT2D eigenvalue weighted by molar-refractivity contribution is -0.159. The van der Waals surface area contributed by atoms with Gasteiger partial charge in [-0.2, -0.15) is 5.26 Å². The first-order valence-electron chi connectivity index (χ1n) is 9.39. The minimum absolute atomic E-state index is 0.0238. The number of nitrogens with zero attached hydrogens (tertiary/aromatic N) is 1. The van der Waals surface area contributed by atoms with Crippen molar-refractivity contribution in [1.82, 2.24) is 0 Å². The summed E-state index contributed by atoms with van der Waals surface area (Å²) in [7, 11) is 0. The molecule has 0 heterocycles. The minimum Gasteiger partial charge on any atom is -0.479 e. The standard InChI is InChI=1S/C23H26N2O4/c1-15(21(26)25-20-9-7-6-8-17(20)14-24)29-22(27)16(2)28-19-12-10-18(11-13-19)23(3,4)5/h6-13,15-16H,1-5H3,(H,25,26)/t15-,16-/m1/s1. The van der Waals surface area contributed by atoms with Gasteiger partial charge >= 0.3 is 5.97 Å². The maximum atomic E-state index is 12.3. The molecule has 0 aliphatic rings. The fourth-order valence-electron chi connectivity index (χ4n) is 2.53. The Bertz CT molecular complexity index is 908. The first-order chi connectivity index (χ1) is 13.6. The highest BCUT2D eigenvalue weighted by atomic mass is 16.6. The molecule has 0 bridgehead atoms. The van der Waals surface area contributed by atoms with Gasteiger partial charge < -0.3 is 14.8 Å². The Morgan fingerprint density at radius 1 is 1.00 bits per heavy atom. The van der Waals surface area contributed by atoms with Gasteiger partial charge in [-0.15, -0.1) is 0 Å². The highest BCUT2D eigenvalue weighted by Gasteiger charge is 2.24. The predicted molar refractivity (Wildman–Crippen MR) is 111 cm³/mol. The molecule has 0 spiro atoms. The van der Waals surface area contributed by atoms with E-state index < -0.39 is 24.1 Å². The third kappa shape index (κ3) is 6.08. The molecule has 1 amide bonds. The predicted octanol–water partition coefficient (Wildman–Crippen LogP) is 4.19. The van der Waals surface area contributed by atoms with Crippen molar-refractivity contribution < 1.29 is 19.1 Å². The summed E-state index contributed by atoms with van der Waals surface area (Å²) in [6.07, 6.45) is -1.92. The maximum Gasteiger partial charge on any atom is 0.347 e. The van der Waals surface area contributed by atoms with Crippen LogP contribution in [0.4, 0.5) is 5.69 Å². The number of carbonyl (C=O) groups excluding carboxylic acids is 2. The monoisotopic (exact) mass is 394 g/mol. The number of benzene rings is 2. The average Bonchev–Trinajstić information content (AvgIpc) is 2.67. The van der Waals surface area contributed by atoms with Crippen molar-refractivity contribution >= 4 is 17.6 Å². The Morgan fingerprint density at radius 3 is 2.21 bits per heavy atom. The van der Waals surface area contributed by atoms with E-state index in [1.807, 2.05) is 18.2 Å². The van der Waals surface area contributed by atoms with Gasteiger partial charge in [0.25, 0.3) is 5.91 Å². The highest BCUT2D eigenvalue weighted by Crippen LogP contribution is 2.24. The number of para-hydroxylation sites is 1. The summed E-state index contributed by atoms with van der Waals surface area (Å²) in [6.45, 7) is 9.38. The van der Waals surface area contributed by atoms with Gasteiger partial charge in [0.15, 0.2) is 12.2 Å². The van der Waals surface area contributed by atoms with Crippen molar-refractivity contribution in [1.29, 1.82) is 5.26 Å². The van der Waals surface area contributed by atoms with Crippen molar-refractivity contribution in [2.45, 2.75) is 52.2 Å². The van der Waals surface area contributed by atoms with E-state index in [1.165, 1.54) is 6.92 Å². The lowest BCUT2D eigenvalue weighted by atomic mass is 9.87. The lowest BCUT2D eigenvalue weighted by Crippen LogP contribution is -2.35. The highest BCUT2D eigenvalue weighted by molar-refractivity contribution is 5.96. The largest absolute Gasteiger partial charge is 0.479 e. The fraction of sp³-hybridized carbons (Fsp3) is 0.348. The maximum absolute atomic E-state index is 12.3. The number of esters is 1. The zero-order chi connectivity index (χ0) is 21.6. The van der Waals surface area contributed by atoms with Crippen LogP contribution in [0.1, 0.15) is 45.7 Å². The number of nitrogens with one attached hydrogen (secondary N) is 1. The van der Waals surface area contributed by atoms with Gasteiger partial charge in [0.2, 0.25) is 0 Å². The van der Waals surface area contributed by atoms with Crippen LogP contribution in [0.15, 0.2) is 48.5 Å². The normalized spacial score (nSPS) is 13.0. The second-order valence-electron chi connectivity index (χ2n) is 7.76. The van der Waals surface area contributed by atoms with Crippen molar-refractivity contribution in [2.24, 2.45) is 0 Å². The summed E-state index contributed by atoms with van der Waals surface area (Å²) in [5, 5.41) is 11.7. The van der Waals surface area contributed by atoms with E-state index in [1.54, 1.807) is 43.3 Å². The number of anilines is 1. The fourth-order valence-corrected chi connectivity index (χ4v) is 2.53. The summed E-state index contributed by atoms with van der Waals surface area (Å²) in [6, 6.07) is 16.1.